The number of hydrogen-bond acceptors (Lipinski definition) is 8. The van der Waals surface area contributed by atoms with Crippen molar-refractivity contribution in [2.24, 2.45) is 4.99 Å². The Morgan fingerprint density at radius 1 is 0.977 bits per heavy atom. The number of aromatic nitrogens is 1. The minimum Gasteiger partial charge on any atom is -0.494 e. The number of ketones is 1. The van der Waals surface area contributed by atoms with E-state index in [1.807, 2.05) is 43.3 Å². The highest BCUT2D eigenvalue weighted by molar-refractivity contribution is 7.88. The summed E-state index contributed by atoms with van der Waals surface area (Å²) in [5, 5.41) is 11.7. The molecule has 5 rings (SSSR count). The van der Waals surface area contributed by atoms with Crippen LogP contribution in [0.5, 0.6) is 5.88 Å². The van der Waals surface area contributed by atoms with Crippen molar-refractivity contribution in [1.82, 2.24) is 14.2 Å². The molecule has 1 aromatic heterocycles. The van der Waals surface area contributed by atoms with Crippen molar-refractivity contribution in [3.63, 3.8) is 0 Å². The summed E-state index contributed by atoms with van der Waals surface area (Å²) in [5.74, 6) is -0.502. The number of Topliss-reactive ketones (excluding diaryl/α,β-unsaturated/α-hetero) is 1. The lowest BCUT2D eigenvalue weighted by Crippen LogP contribution is -2.48. The molecule has 1 aliphatic heterocycles. The molecule has 0 saturated carbocycles. The minimum absolute atomic E-state index is 0.0322. The molecule has 44 heavy (non-hydrogen) atoms. The van der Waals surface area contributed by atoms with Crippen molar-refractivity contribution in [2.75, 3.05) is 46.1 Å². The lowest BCUT2D eigenvalue weighted by molar-refractivity contribution is 0.0600. The number of esters is 1. The van der Waals surface area contributed by atoms with Gasteiger partial charge in [-0.2, -0.15) is 4.31 Å². The number of fused-ring (bicyclic) bond motifs is 1. The Labute approximate surface area is 257 Å². The highest BCUT2D eigenvalue weighted by Crippen LogP contribution is 2.33. The summed E-state index contributed by atoms with van der Waals surface area (Å²) < 4.78 is 29.8. The average molecular weight is 617 g/mol. The number of carbonyl (C=O) groups excluding carboxylic acids is 2. The zero-order valence-corrected chi connectivity index (χ0v) is 25.9. The number of aromatic amines is 1. The summed E-state index contributed by atoms with van der Waals surface area (Å²) >= 11 is 0. The molecule has 11 heteroatoms. The zero-order chi connectivity index (χ0) is 31.4. The Kier molecular flexibility index (Phi) is 9.28. The normalized spacial score (nSPS) is 15.0. The van der Waals surface area contributed by atoms with Crippen molar-refractivity contribution in [1.29, 1.82) is 0 Å². The molecular weight excluding hydrogens is 580 g/mol. The van der Waals surface area contributed by atoms with Gasteiger partial charge in [0, 0.05) is 54.6 Å². The van der Waals surface area contributed by atoms with E-state index in [0.29, 0.717) is 83.6 Å². The van der Waals surface area contributed by atoms with Crippen LogP contribution in [-0.4, -0.2) is 91.3 Å². The van der Waals surface area contributed by atoms with Gasteiger partial charge in [0.25, 0.3) is 0 Å². The molecule has 0 amide bonds. The predicted molar refractivity (Wildman–Crippen MR) is 171 cm³/mol. The molecule has 0 spiro atoms. The standard InChI is InChI=1S/C33H36N4O6S/c1-22-20-27-28(21-26(22)33(40)43-2)35-32(39)30(27)31(24-8-5-4-6-9-24)34-25-13-11-23(12-14-25)29(38)10-7-15-36-16-18-37(19-17-36)44(3,41)42/h4-6,8-9,11-14,20-21,35,39H,7,10,15-19H2,1-3H3. The quantitative estimate of drug-likeness (QED) is 0.150. The third-order valence-electron chi connectivity index (χ3n) is 7.92. The summed E-state index contributed by atoms with van der Waals surface area (Å²) in [6.07, 6.45) is 2.31. The smallest absolute Gasteiger partial charge is 0.338 e. The van der Waals surface area contributed by atoms with Crippen molar-refractivity contribution in [3.05, 3.63) is 94.5 Å². The number of rotatable bonds is 10. The number of sulfonamides is 1. The van der Waals surface area contributed by atoms with Crippen LogP contribution in [0.25, 0.3) is 10.9 Å². The number of carbonyl (C=O) groups is 2. The Hall–Kier alpha value is -4.32. The molecule has 0 aliphatic carbocycles. The van der Waals surface area contributed by atoms with E-state index in [0.717, 1.165) is 12.1 Å². The van der Waals surface area contributed by atoms with Crippen LogP contribution in [0.4, 0.5) is 5.69 Å². The maximum absolute atomic E-state index is 12.9. The molecule has 0 atom stereocenters. The first kappa shape index (κ1) is 31.1. The lowest BCUT2D eigenvalue weighted by Gasteiger charge is -2.33. The van der Waals surface area contributed by atoms with E-state index in [1.54, 1.807) is 30.3 Å². The number of nitrogens with zero attached hydrogens (tertiary/aromatic N) is 3. The van der Waals surface area contributed by atoms with Crippen molar-refractivity contribution < 1.29 is 27.9 Å². The molecule has 2 N–H and O–H groups in total. The summed E-state index contributed by atoms with van der Waals surface area (Å²) in [4.78, 5) is 35.2. The van der Waals surface area contributed by atoms with Crippen molar-refractivity contribution in [3.8, 4) is 5.88 Å². The summed E-state index contributed by atoms with van der Waals surface area (Å²) in [5.41, 5.74) is 4.71. The molecule has 0 unspecified atom stereocenters. The van der Waals surface area contributed by atoms with Gasteiger partial charge in [-0.15, -0.1) is 0 Å². The topological polar surface area (TPSA) is 132 Å². The van der Waals surface area contributed by atoms with E-state index >= 15 is 0 Å². The molecule has 3 aromatic carbocycles. The van der Waals surface area contributed by atoms with Gasteiger partial charge in [-0.1, -0.05) is 30.3 Å². The highest BCUT2D eigenvalue weighted by Gasteiger charge is 2.24. The fourth-order valence-electron chi connectivity index (χ4n) is 5.51. The number of hydrogen-bond donors (Lipinski definition) is 2. The minimum atomic E-state index is -3.16. The fourth-order valence-corrected chi connectivity index (χ4v) is 6.34. The van der Waals surface area contributed by atoms with E-state index in [4.69, 9.17) is 9.73 Å². The van der Waals surface area contributed by atoms with E-state index in [1.165, 1.54) is 17.7 Å². The number of methoxy groups -OCH3 is 1. The second-order valence-electron chi connectivity index (χ2n) is 11.0. The predicted octanol–water partition coefficient (Wildman–Crippen LogP) is 4.68. The fraction of sp³-hybridized carbons (Fsp3) is 0.303. The Morgan fingerprint density at radius 2 is 1.66 bits per heavy atom. The maximum atomic E-state index is 12.9. The first-order chi connectivity index (χ1) is 21.0. The van der Waals surface area contributed by atoms with Gasteiger partial charge in [0.1, 0.15) is 0 Å². The number of piperazine rings is 1. The maximum Gasteiger partial charge on any atom is 0.338 e. The van der Waals surface area contributed by atoms with Crippen LogP contribution < -0.4 is 0 Å². The number of ether oxygens (including phenoxy) is 1. The van der Waals surface area contributed by atoms with Gasteiger partial charge in [0.05, 0.1) is 35.9 Å². The van der Waals surface area contributed by atoms with E-state index < -0.39 is 16.0 Å². The molecule has 1 saturated heterocycles. The highest BCUT2D eigenvalue weighted by atomic mass is 32.2. The summed E-state index contributed by atoms with van der Waals surface area (Å²) in [6.45, 7) is 4.83. The van der Waals surface area contributed by atoms with Gasteiger partial charge in [-0.05, 0) is 61.9 Å². The van der Waals surface area contributed by atoms with Crippen LogP contribution in [0.15, 0.2) is 71.7 Å². The molecule has 230 valence electrons. The van der Waals surface area contributed by atoms with Gasteiger partial charge in [0.15, 0.2) is 11.7 Å². The summed E-state index contributed by atoms with van der Waals surface area (Å²) in [7, 11) is -1.84. The monoisotopic (exact) mass is 616 g/mol. The SMILES string of the molecule is COC(=O)c1cc2[nH]c(O)c(C(=Nc3ccc(C(=O)CCCN4CCN(S(C)(=O)=O)CC4)cc3)c3ccccc3)c2cc1C. The van der Waals surface area contributed by atoms with Crippen LogP contribution >= 0.6 is 0 Å². The lowest BCUT2D eigenvalue weighted by atomic mass is 9.98. The van der Waals surface area contributed by atoms with Crippen LogP contribution in [0, 0.1) is 6.92 Å². The first-order valence-corrected chi connectivity index (χ1v) is 16.3. The van der Waals surface area contributed by atoms with Crippen molar-refractivity contribution >= 4 is 44.1 Å². The largest absolute Gasteiger partial charge is 0.494 e. The van der Waals surface area contributed by atoms with Crippen LogP contribution in [0.1, 0.15) is 50.2 Å². The molecule has 4 aromatic rings. The first-order valence-electron chi connectivity index (χ1n) is 14.4. The summed E-state index contributed by atoms with van der Waals surface area (Å²) in [6, 6.07) is 20.1. The molecule has 0 bridgehead atoms. The number of aliphatic imine (C=N–C) groups is 1. The third-order valence-corrected chi connectivity index (χ3v) is 9.22. The molecule has 10 nitrogen and oxygen atoms in total. The van der Waals surface area contributed by atoms with E-state index in [-0.39, 0.29) is 11.7 Å². The number of aryl methyl sites for hydroxylation is 1. The Morgan fingerprint density at radius 3 is 2.30 bits per heavy atom. The van der Waals surface area contributed by atoms with Crippen molar-refractivity contribution in [2.45, 2.75) is 19.8 Å². The number of H-pyrrole nitrogens is 1. The van der Waals surface area contributed by atoms with Crippen LogP contribution in [-0.2, 0) is 14.8 Å². The second-order valence-corrected chi connectivity index (χ2v) is 12.9. The van der Waals surface area contributed by atoms with Crippen LogP contribution in [0.3, 0.4) is 0 Å². The average Bonchev–Trinajstić information content (AvgIpc) is 3.33. The number of aromatic hydroxyl groups is 1. The molecule has 1 fully saturated rings. The number of benzene rings is 3. The van der Waals surface area contributed by atoms with Gasteiger partial charge in [-0.25, -0.2) is 18.2 Å². The van der Waals surface area contributed by atoms with Gasteiger partial charge in [-0.3, -0.25) is 4.79 Å². The molecule has 2 heterocycles. The Bertz CT molecular complexity index is 1810. The van der Waals surface area contributed by atoms with Gasteiger partial charge < -0.3 is 19.7 Å². The molecular formula is C33H36N4O6S. The zero-order valence-electron chi connectivity index (χ0n) is 25.0. The van der Waals surface area contributed by atoms with E-state index in [9.17, 15) is 23.1 Å². The third kappa shape index (κ3) is 6.91. The number of nitrogens with one attached hydrogen (secondary N) is 1. The Balaban J connectivity index is 1.34. The second kappa shape index (κ2) is 13.1. The van der Waals surface area contributed by atoms with Gasteiger partial charge >= 0.3 is 5.97 Å². The molecule has 0 radical (unpaired) electrons. The molecule has 1 aliphatic rings. The van der Waals surface area contributed by atoms with E-state index in [2.05, 4.69) is 9.88 Å². The van der Waals surface area contributed by atoms with Gasteiger partial charge in [0.2, 0.25) is 10.0 Å². The van der Waals surface area contributed by atoms with Crippen LogP contribution in [0.2, 0.25) is 0 Å².